The Morgan fingerprint density at radius 1 is 1.12 bits per heavy atom. The topological polar surface area (TPSA) is 93.4 Å². The largest absolute Gasteiger partial charge is 0.495 e. The van der Waals surface area contributed by atoms with Crippen LogP contribution >= 0.6 is 0 Å². The summed E-state index contributed by atoms with van der Waals surface area (Å²) in [5, 5.41) is 5.36. The first-order valence-electron chi connectivity index (χ1n) is 8.13. The molecule has 2 rings (SSSR count). The van der Waals surface area contributed by atoms with Crippen molar-refractivity contribution in [3.05, 3.63) is 53.8 Å². The molecule has 7 heteroatoms. The molecule has 0 heterocycles. The summed E-state index contributed by atoms with van der Waals surface area (Å²) in [5.74, 6) is -0.938. The first-order chi connectivity index (χ1) is 12.3. The second kappa shape index (κ2) is 8.44. The van der Waals surface area contributed by atoms with Crippen LogP contribution < -0.4 is 21.1 Å². The Hall–Kier alpha value is -2.93. The highest BCUT2D eigenvalue weighted by atomic mass is 19.1. The minimum absolute atomic E-state index is 0.0135. The molecule has 26 heavy (non-hydrogen) atoms. The zero-order valence-corrected chi connectivity index (χ0v) is 14.9. The van der Waals surface area contributed by atoms with E-state index in [1.165, 1.54) is 25.3 Å². The predicted octanol–water partition coefficient (Wildman–Crippen LogP) is 3.01. The van der Waals surface area contributed by atoms with Crippen LogP contribution in [0.4, 0.5) is 15.8 Å². The molecule has 0 aliphatic heterocycles. The quantitative estimate of drug-likeness (QED) is 0.739. The fourth-order valence-corrected chi connectivity index (χ4v) is 2.24. The molecule has 2 aromatic carbocycles. The summed E-state index contributed by atoms with van der Waals surface area (Å²) in [7, 11) is 1.46. The van der Waals surface area contributed by atoms with Crippen LogP contribution in [-0.4, -0.2) is 25.0 Å². The van der Waals surface area contributed by atoms with Gasteiger partial charge in [0.1, 0.15) is 11.6 Å². The lowest BCUT2D eigenvalue weighted by Gasteiger charge is -2.17. The zero-order valence-electron chi connectivity index (χ0n) is 14.9. The summed E-state index contributed by atoms with van der Waals surface area (Å²) in [5.41, 5.74) is 6.81. The van der Waals surface area contributed by atoms with Gasteiger partial charge in [0.05, 0.1) is 18.8 Å². The Kier molecular flexibility index (Phi) is 6.30. The van der Waals surface area contributed by atoms with Gasteiger partial charge in [-0.2, -0.15) is 0 Å². The van der Waals surface area contributed by atoms with E-state index in [4.69, 9.17) is 10.5 Å². The van der Waals surface area contributed by atoms with Gasteiger partial charge in [0.2, 0.25) is 5.91 Å². The zero-order chi connectivity index (χ0) is 19.3. The van der Waals surface area contributed by atoms with Gasteiger partial charge < -0.3 is 21.1 Å². The van der Waals surface area contributed by atoms with Crippen LogP contribution in [-0.2, 0) is 4.79 Å². The van der Waals surface area contributed by atoms with Crippen molar-refractivity contribution in [3.63, 3.8) is 0 Å². The minimum Gasteiger partial charge on any atom is -0.495 e. The van der Waals surface area contributed by atoms with Gasteiger partial charge in [-0.25, -0.2) is 4.39 Å². The van der Waals surface area contributed by atoms with Crippen LogP contribution in [0.3, 0.4) is 0 Å². The molecular formula is C19H22FN3O3. The van der Waals surface area contributed by atoms with E-state index < -0.39 is 17.8 Å². The number of carbonyl (C=O) groups excluding carboxylic acids is 2. The molecular weight excluding hydrogens is 337 g/mol. The second-order valence-electron chi connectivity index (χ2n) is 6.14. The van der Waals surface area contributed by atoms with Crippen LogP contribution in [0.1, 0.15) is 24.2 Å². The number of rotatable bonds is 6. The van der Waals surface area contributed by atoms with Crippen molar-refractivity contribution in [1.82, 2.24) is 0 Å². The van der Waals surface area contributed by atoms with Gasteiger partial charge in [-0.05, 0) is 42.3 Å². The highest BCUT2D eigenvalue weighted by molar-refractivity contribution is 6.05. The van der Waals surface area contributed by atoms with Gasteiger partial charge in [-0.1, -0.05) is 19.9 Å². The first-order valence-corrected chi connectivity index (χ1v) is 8.13. The number of carbonyl (C=O) groups is 2. The fraction of sp³-hybridized carbons (Fsp3) is 0.263. The molecule has 1 unspecified atom stereocenters. The Balaban J connectivity index is 2.21. The van der Waals surface area contributed by atoms with E-state index in [9.17, 15) is 14.0 Å². The summed E-state index contributed by atoms with van der Waals surface area (Å²) < 4.78 is 18.5. The van der Waals surface area contributed by atoms with Crippen molar-refractivity contribution in [1.29, 1.82) is 0 Å². The van der Waals surface area contributed by atoms with E-state index >= 15 is 0 Å². The number of benzene rings is 2. The highest BCUT2D eigenvalue weighted by Crippen LogP contribution is 2.28. The van der Waals surface area contributed by atoms with Crippen LogP contribution in [0.5, 0.6) is 5.75 Å². The SMILES string of the molecule is COc1ccc(NC(=O)C(N)C(C)C)cc1NC(=O)c1cccc(F)c1. The van der Waals surface area contributed by atoms with Gasteiger partial charge in [-0.15, -0.1) is 0 Å². The molecule has 0 fully saturated rings. The fourth-order valence-electron chi connectivity index (χ4n) is 2.24. The van der Waals surface area contributed by atoms with Gasteiger partial charge in [0.25, 0.3) is 5.91 Å². The normalized spacial score (nSPS) is 11.8. The smallest absolute Gasteiger partial charge is 0.255 e. The molecule has 6 nitrogen and oxygen atoms in total. The van der Waals surface area contributed by atoms with Crippen molar-refractivity contribution in [2.45, 2.75) is 19.9 Å². The Bertz CT molecular complexity index is 808. The Labute approximate surface area is 151 Å². The molecule has 2 aromatic rings. The summed E-state index contributed by atoms with van der Waals surface area (Å²) in [6.07, 6.45) is 0. The lowest BCUT2D eigenvalue weighted by atomic mass is 10.0. The molecule has 0 saturated carbocycles. The van der Waals surface area contributed by atoms with Crippen LogP contribution in [0, 0.1) is 11.7 Å². The number of ether oxygens (including phenoxy) is 1. The van der Waals surface area contributed by atoms with Crippen molar-refractivity contribution < 1.29 is 18.7 Å². The van der Waals surface area contributed by atoms with E-state index in [0.29, 0.717) is 17.1 Å². The minimum atomic E-state index is -0.651. The number of amides is 2. The maximum Gasteiger partial charge on any atom is 0.255 e. The predicted molar refractivity (Wildman–Crippen MR) is 98.8 cm³/mol. The molecule has 1 atom stereocenters. The van der Waals surface area contributed by atoms with Crippen molar-refractivity contribution in [3.8, 4) is 5.75 Å². The molecule has 4 N–H and O–H groups in total. The first kappa shape index (κ1) is 19.4. The summed E-state index contributed by atoms with van der Waals surface area (Å²) in [4.78, 5) is 24.4. The molecule has 0 spiro atoms. The third-order valence-electron chi connectivity index (χ3n) is 3.82. The molecule has 0 aliphatic carbocycles. The maximum atomic E-state index is 13.3. The number of methoxy groups -OCH3 is 1. The maximum absolute atomic E-state index is 13.3. The van der Waals surface area contributed by atoms with E-state index in [2.05, 4.69) is 10.6 Å². The standard InChI is InChI=1S/C19H22FN3O3/c1-11(2)17(21)19(25)22-14-7-8-16(26-3)15(10-14)23-18(24)12-5-4-6-13(20)9-12/h4-11,17H,21H2,1-3H3,(H,22,25)(H,23,24). The van der Waals surface area contributed by atoms with Gasteiger partial charge in [-0.3, -0.25) is 9.59 Å². The number of halogens is 1. The van der Waals surface area contributed by atoms with Crippen LogP contribution in [0.15, 0.2) is 42.5 Å². The van der Waals surface area contributed by atoms with Crippen molar-refractivity contribution >= 4 is 23.2 Å². The van der Waals surface area contributed by atoms with Crippen LogP contribution in [0.25, 0.3) is 0 Å². The molecule has 138 valence electrons. The lowest BCUT2D eigenvalue weighted by Crippen LogP contribution is -2.39. The number of nitrogens with two attached hydrogens (primary N) is 1. The molecule has 0 radical (unpaired) electrons. The molecule has 2 amide bonds. The second-order valence-corrected chi connectivity index (χ2v) is 6.14. The summed E-state index contributed by atoms with van der Waals surface area (Å²) in [6.45, 7) is 3.70. The van der Waals surface area contributed by atoms with E-state index in [1.54, 1.807) is 18.2 Å². The average molecular weight is 359 g/mol. The molecule has 0 aliphatic rings. The van der Waals surface area contributed by atoms with Crippen molar-refractivity contribution in [2.75, 3.05) is 17.7 Å². The van der Waals surface area contributed by atoms with Crippen molar-refractivity contribution in [2.24, 2.45) is 11.7 Å². The van der Waals surface area contributed by atoms with Gasteiger partial charge >= 0.3 is 0 Å². The Morgan fingerprint density at radius 2 is 1.85 bits per heavy atom. The third kappa shape index (κ3) is 4.80. The van der Waals surface area contributed by atoms with Crippen LogP contribution in [0.2, 0.25) is 0 Å². The number of hydrogen-bond donors (Lipinski definition) is 3. The molecule has 0 bridgehead atoms. The monoisotopic (exact) mass is 359 g/mol. The number of nitrogens with one attached hydrogen (secondary N) is 2. The number of anilines is 2. The lowest BCUT2D eigenvalue weighted by molar-refractivity contribution is -0.118. The summed E-state index contributed by atoms with van der Waals surface area (Å²) >= 11 is 0. The van der Waals surface area contributed by atoms with Gasteiger partial charge in [0.15, 0.2) is 0 Å². The highest BCUT2D eigenvalue weighted by Gasteiger charge is 2.18. The van der Waals surface area contributed by atoms with Gasteiger partial charge in [0, 0.05) is 11.3 Å². The number of hydrogen-bond acceptors (Lipinski definition) is 4. The van der Waals surface area contributed by atoms with E-state index in [0.717, 1.165) is 6.07 Å². The van der Waals surface area contributed by atoms with E-state index in [1.807, 2.05) is 13.8 Å². The average Bonchev–Trinajstić information content (AvgIpc) is 2.61. The Morgan fingerprint density at radius 3 is 2.46 bits per heavy atom. The third-order valence-corrected chi connectivity index (χ3v) is 3.82. The van der Waals surface area contributed by atoms with E-state index in [-0.39, 0.29) is 17.4 Å². The molecule has 0 saturated heterocycles. The summed E-state index contributed by atoms with van der Waals surface area (Å²) in [6, 6.07) is 9.49. The molecule has 0 aromatic heterocycles.